The Labute approximate surface area is 222 Å². The van der Waals surface area contributed by atoms with Crippen molar-refractivity contribution in [1.29, 1.82) is 0 Å². The van der Waals surface area contributed by atoms with Gasteiger partial charge in [-0.25, -0.2) is 8.42 Å². The molecule has 4 fully saturated rings. The minimum atomic E-state index is -3.31. The topological polar surface area (TPSA) is 108 Å². The van der Waals surface area contributed by atoms with Crippen molar-refractivity contribution in [2.75, 3.05) is 17.8 Å². The lowest BCUT2D eigenvalue weighted by Crippen LogP contribution is -2.42. The first-order valence-electron chi connectivity index (χ1n) is 12.9. The van der Waals surface area contributed by atoms with Crippen LogP contribution < -0.4 is 0 Å². The van der Waals surface area contributed by atoms with Crippen LogP contribution in [0.5, 0.6) is 0 Å². The van der Waals surface area contributed by atoms with Crippen molar-refractivity contribution in [3.8, 4) is 0 Å². The number of hydrogen-bond donors (Lipinski definition) is 0. The Morgan fingerprint density at radius 1 is 0.865 bits per heavy atom. The Bertz CT molecular complexity index is 1380. The molecule has 0 amide bonds. The second-order valence-electron chi connectivity index (χ2n) is 12.8. The van der Waals surface area contributed by atoms with Gasteiger partial charge in [0.25, 0.3) is 0 Å². The molecule has 4 aliphatic rings. The van der Waals surface area contributed by atoms with Gasteiger partial charge in [0.15, 0.2) is 11.6 Å². The van der Waals surface area contributed by atoms with Crippen molar-refractivity contribution in [3.63, 3.8) is 0 Å². The molecule has 0 spiro atoms. The SMILES string of the molecule is CC1(C)C2CCC1(CS(=O)[O-])C(=O)/C2=C/c1ccc(/C=C2/C(=O)C3(CS(C)(=O)=O)CCC2C3(C)C)cc1. The summed E-state index contributed by atoms with van der Waals surface area (Å²) in [5.41, 5.74) is 0.613. The third-order valence-corrected chi connectivity index (χ3v) is 12.3. The van der Waals surface area contributed by atoms with Crippen LogP contribution in [0.1, 0.15) is 64.5 Å². The highest BCUT2D eigenvalue weighted by Gasteiger charge is 2.68. The summed E-state index contributed by atoms with van der Waals surface area (Å²) in [6.07, 6.45) is 7.82. The van der Waals surface area contributed by atoms with Crippen molar-refractivity contribution < 1.29 is 26.8 Å². The van der Waals surface area contributed by atoms with E-state index in [0.29, 0.717) is 24.0 Å². The van der Waals surface area contributed by atoms with E-state index in [1.807, 2.05) is 64.1 Å². The van der Waals surface area contributed by atoms with Gasteiger partial charge < -0.3 is 4.55 Å². The summed E-state index contributed by atoms with van der Waals surface area (Å²) in [4.78, 5) is 26.9. The second kappa shape index (κ2) is 8.30. The third kappa shape index (κ3) is 3.73. The highest BCUT2D eigenvalue weighted by Crippen LogP contribution is 2.67. The lowest BCUT2D eigenvalue weighted by Gasteiger charge is -2.36. The van der Waals surface area contributed by atoms with Crippen LogP contribution in [0.25, 0.3) is 12.2 Å². The molecule has 5 atom stereocenters. The smallest absolute Gasteiger partial charge is 0.166 e. The summed E-state index contributed by atoms with van der Waals surface area (Å²) in [5.74, 6) is -0.271. The monoisotopic (exact) mass is 543 g/mol. The quantitative estimate of drug-likeness (QED) is 0.389. The Hall–Kier alpha value is -1.90. The zero-order valence-electron chi connectivity index (χ0n) is 22.1. The van der Waals surface area contributed by atoms with Crippen molar-refractivity contribution in [2.45, 2.75) is 53.4 Å². The molecule has 1 aromatic carbocycles. The molecule has 37 heavy (non-hydrogen) atoms. The van der Waals surface area contributed by atoms with E-state index in [1.54, 1.807) is 0 Å². The van der Waals surface area contributed by atoms with Crippen LogP contribution in [0, 0.1) is 33.5 Å². The molecular formula is C29H35O6S2-. The summed E-state index contributed by atoms with van der Waals surface area (Å²) in [6, 6.07) is 7.67. The number of ketones is 2. The van der Waals surface area contributed by atoms with Crippen molar-refractivity contribution in [1.82, 2.24) is 0 Å². The van der Waals surface area contributed by atoms with Gasteiger partial charge in [-0.2, -0.15) is 0 Å². The summed E-state index contributed by atoms with van der Waals surface area (Å²) in [6.45, 7) is 8.06. The zero-order valence-corrected chi connectivity index (χ0v) is 23.8. The number of hydrogen-bond acceptors (Lipinski definition) is 6. The average Bonchev–Trinajstić information content (AvgIpc) is 3.28. The molecule has 8 heteroatoms. The van der Waals surface area contributed by atoms with Crippen LogP contribution >= 0.6 is 0 Å². The van der Waals surface area contributed by atoms with Gasteiger partial charge in [-0.15, -0.1) is 0 Å². The fourth-order valence-corrected chi connectivity index (χ4v) is 10.9. The van der Waals surface area contributed by atoms with E-state index in [4.69, 9.17) is 0 Å². The van der Waals surface area contributed by atoms with Crippen LogP contribution in [-0.4, -0.2) is 46.5 Å². The number of allylic oxidation sites excluding steroid dienone is 2. The average molecular weight is 544 g/mol. The maximum Gasteiger partial charge on any atom is 0.166 e. The van der Waals surface area contributed by atoms with E-state index in [9.17, 15) is 26.8 Å². The Kier molecular flexibility index (Phi) is 5.99. The molecule has 1 aromatic rings. The first-order chi connectivity index (χ1) is 17.1. The molecule has 0 aliphatic heterocycles. The molecule has 6 nitrogen and oxygen atoms in total. The summed E-state index contributed by atoms with van der Waals surface area (Å²) < 4.78 is 47.6. The van der Waals surface area contributed by atoms with Gasteiger partial charge in [0.1, 0.15) is 9.84 Å². The molecule has 4 aliphatic carbocycles. The zero-order chi connectivity index (χ0) is 27.2. The summed E-state index contributed by atoms with van der Waals surface area (Å²) >= 11 is -2.29. The van der Waals surface area contributed by atoms with E-state index < -0.39 is 42.6 Å². The lowest BCUT2D eigenvalue weighted by molar-refractivity contribution is -0.125. The van der Waals surface area contributed by atoms with Gasteiger partial charge in [-0.05, 0) is 71.6 Å². The van der Waals surface area contributed by atoms with Gasteiger partial charge in [-0.3, -0.25) is 13.8 Å². The highest BCUT2D eigenvalue weighted by atomic mass is 32.2. The number of benzene rings is 1. The number of sulfone groups is 1. The number of Topliss-reactive ketones (excluding diaryl/α,β-unsaturated/α-hetero) is 2. The van der Waals surface area contributed by atoms with Gasteiger partial charge >= 0.3 is 0 Å². The minimum Gasteiger partial charge on any atom is -0.772 e. The fourth-order valence-electron chi connectivity index (χ4n) is 8.26. The molecule has 200 valence electrons. The molecule has 0 N–H and O–H groups in total. The van der Waals surface area contributed by atoms with E-state index in [0.717, 1.165) is 24.0 Å². The van der Waals surface area contributed by atoms with E-state index in [-0.39, 0.29) is 34.9 Å². The predicted molar refractivity (Wildman–Crippen MR) is 144 cm³/mol. The maximum absolute atomic E-state index is 13.5. The molecule has 4 bridgehead atoms. The molecular weight excluding hydrogens is 508 g/mol. The number of fused-ring (bicyclic) bond motifs is 4. The van der Waals surface area contributed by atoms with Crippen LogP contribution in [-0.2, 0) is 30.5 Å². The van der Waals surface area contributed by atoms with Crippen molar-refractivity contribution in [3.05, 3.63) is 46.5 Å². The predicted octanol–water partition coefficient (Wildman–Crippen LogP) is 4.39. The Balaban J connectivity index is 1.43. The van der Waals surface area contributed by atoms with Gasteiger partial charge in [0, 0.05) is 28.6 Å². The molecule has 0 aromatic heterocycles. The first kappa shape index (κ1) is 26.7. The van der Waals surface area contributed by atoms with Crippen molar-refractivity contribution >= 4 is 44.6 Å². The normalized spacial score (nSPS) is 36.7. The molecule has 0 saturated heterocycles. The van der Waals surface area contributed by atoms with E-state index in [1.165, 1.54) is 6.26 Å². The maximum atomic E-state index is 13.5. The van der Waals surface area contributed by atoms with E-state index >= 15 is 0 Å². The Morgan fingerprint density at radius 3 is 1.70 bits per heavy atom. The minimum absolute atomic E-state index is 0.0280. The molecule has 4 saturated carbocycles. The summed E-state index contributed by atoms with van der Waals surface area (Å²) in [5, 5.41) is 0. The highest BCUT2D eigenvalue weighted by molar-refractivity contribution is 7.90. The van der Waals surface area contributed by atoms with Crippen LogP contribution in [0.3, 0.4) is 0 Å². The molecule has 5 rings (SSSR count). The second-order valence-corrected chi connectivity index (χ2v) is 15.9. The lowest BCUT2D eigenvalue weighted by atomic mass is 9.70. The number of rotatable bonds is 6. The van der Waals surface area contributed by atoms with Crippen LogP contribution in [0.2, 0.25) is 0 Å². The standard InChI is InChI=1S/C29H36O6S2/c1-26(2)22-10-12-28(26,16-36(32)33)24(30)20(22)14-18-6-8-19(9-7-18)15-21-23-11-13-29(25(21)31,27(23,3)4)17-37(5,34)35/h6-9,14-15,22-23H,10-13,16-17H2,1-5H3,(H,32,33)/p-1/b20-14+,21-15+. The number of carbonyl (C=O) groups is 2. The van der Waals surface area contributed by atoms with Gasteiger partial charge in [0.05, 0.1) is 11.2 Å². The first-order valence-corrected chi connectivity index (χ1v) is 16.2. The largest absolute Gasteiger partial charge is 0.772 e. The third-order valence-electron chi connectivity index (χ3n) is 10.5. The molecule has 0 heterocycles. The van der Waals surface area contributed by atoms with Gasteiger partial charge in [-0.1, -0.05) is 63.0 Å². The fraction of sp³-hybridized carbons (Fsp3) is 0.586. The number of carbonyl (C=O) groups excluding carboxylic acids is 2. The summed E-state index contributed by atoms with van der Waals surface area (Å²) in [7, 11) is -3.31. The van der Waals surface area contributed by atoms with Crippen LogP contribution in [0.15, 0.2) is 35.4 Å². The van der Waals surface area contributed by atoms with E-state index in [2.05, 4.69) is 0 Å². The van der Waals surface area contributed by atoms with Crippen LogP contribution in [0.4, 0.5) is 0 Å². The van der Waals surface area contributed by atoms with Gasteiger partial charge in [0.2, 0.25) is 0 Å². The van der Waals surface area contributed by atoms with Crippen molar-refractivity contribution in [2.24, 2.45) is 33.5 Å². The Morgan fingerprint density at radius 2 is 1.27 bits per heavy atom. The molecule has 5 unspecified atom stereocenters. The molecule has 0 radical (unpaired) electrons.